The normalized spacial score (nSPS) is 12.2. The number of carbonyl (C=O) groups excluding carboxylic acids is 2. The Balaban J connectivity index is 3.75. The second-order valence-corrected chi connectivity index (χ2v) is 2.73. The number of esters is 1. The number of hydrogen-bond acceptors (Lipinski definition) is 3. The maximum atomic E-state index is 11.0. The van der Waals surface area contributed by atoms with Gasteiger partial charge in [0.1, 0.15) is 5.78 Å². The molecule has 0 N–H and O–H groups in total. The van der Waals surface area contributed by atoms with Gasteiger partial charge in [-0.3, -0.25) is 9.59 Å². The number of Topliss-reactive ketones (excluding diaryl/α,β-unsaturated/α-hetero) is 1. The molecule has 1 atom stereocenters. The molecule has 3 heteroatoms. The van der Waals surface area contributed by atoms with Gasteiger partial charge in [-0.2, -0.15) is 0 Å². The van der Waals surface area contributed by atoms with Crippen LogP contribution in [0, 0.1) is 5.92 Å². The van der Waals surface area contributed by atoms with Crippen molar-refractivity contribution >= 4 is 11.8 Å². The van der Waals surface area contributed by atoms with E-state index < -0.39 is 0 Å². The third kappa shape index (κ3) is 4.11. The lowest BCUT2D eigenvalue weighted by Crippen LogP contribution is -2.16. The van der Waals surface area contributed by atoms with E-state index in [1.54, 1.807) is 20.8 Å². The quantitative estimate of drug-likeness (QED) is 0.591. The summed E-state index contributed by atoms with van der Waals surface area (Å²) >= 11 is 0. The molecular weight excluding hydrogens is 156 g/mol. The van der Waals surface area contributed by atoms with Crippen LogP contribution in [0.25, 0.3) is 0 Å². The van der Waals surface area contributed by atoms with Crippen molar-refractivity contribution < 1.29 is 14.3 Å². The van der Waals surface area contributed by atoms with Crippen molar-refractivity contribution in [2.45, 2.75) is 33.6 Å². The number of hydrogen-bond donors (Lipinski definition) is 0. The lowest BCUT2D eigenvalue weighted by molar-refractivity contribution is -0.145. The fourth-order valence-electron chi connectivity index (χ4n) is 0.932. The van der Waals surface area contributed by atoms with Crippen LogP contribution in [0.4, 0.5) is 0 Å². The van der Waals surface area contributed by atoms with Crippen molar-refractivity contribution in [3.8, 4) is 0 Å². The summed E-state index contributed by atoms with van der Waals surface area (Å²) < 4.78 is 4.72. The summed E-state index contributed by atoms with van der Waals surface area (Å²) in [6, 6.07) is 0. The van der Waals surface area contributed by atoms with Gasteiger partial charge in [-0.25, -0.2) is 0 Å². The predicted octanol–water partition coefficient (Wildman–Crippen LogP) is 1.55. The molecule has 0 aromatic heterocycles. The first-order valence-corrected chi connectivity index (χ1v) is 4.30. The summed E-state index contributed by atoms with van der Waals surface area (Å²) in [5, 5.41) is 0. The van der Waals surface area contributed by atoms with Crippen LogP contribution < -0.4 is 0 Å². The number of ketones is 1. The van der Waals surface area contributed by atoms with E-state index in [0.29, 0.717) is 13.0 Å². The molecule has 0 aliphatic heterocycles. The summed E-state index contributed by atoms with van der Waals surface area (Å²) in [7, 11) is 0. The average Bonchev–Trinajstić information content (AvgIpc) is 2.03. The molecule has 0 saturated carbocycles. The minimum Gasteiger partial charge on any atom is -0.466 e. The molecule has 70 valence electrons. The molecule has 0 aromatic rings. The van der Waals surface area contributed by atoms with Gasteiger partial charge in [-0.05, 0) is 6.92 Å². The molecule has 12 heavy (non-hydrogen) atoms. The van der Waals surface area contributed by atoms with Crippen molar-refractivity contribution in [1.29, 1.82) is 0 Å². The van der Waals surface area contributed by atoms with Crippen molar-refractivity contribution in [3.05, 3.63) is 0 Å². The van der Waals surface area contributed by atoms with Crippen LogP contribution in [0.5, 0.6) is 0 Å². The first-order valence-electron chi connectivity index (χ1n) is 4.30. The molecule has 3 nitrogen and oxygen atoms in total. The Morgan fingerprint density at radius 3 is 2.33 bits per heavy atom. The standard InChI is InChI=1S/C9H16O3/c1-4-8(10)7(3)6-9(11)12-5-2/h7H,4-6H2,1-3H3/t7-/m0/s1. The Kier molecular flexibility index (Phi) is 5.34. The van der Waals surface area contributed by atoms with Crippen LogP contribution in [0.2, 0.25) is 0 Å². The van der Waals surface area contributed by atoms with Gasteiger partial charge in [0.25, 0.3) is 0 Å². The summed E-state index contributed by atoms with van der Waals surface area (Å²) in [5.74, 6) is -0.371. The predicted molar refractivity (Wildman–Crippen MR) is 45.7 cm³/mol. The molecule has 0 rings (SSSR count). The minimum atomic E-state index is -0.285. The second-order valence-electron chi connectivity index (χ2n) is 2.73. The van der Waals surface area contributed by atoms with Gasteiger partial charge in [-0.1, -0.05) is 13.8 Å². The minimum absolute atomic E-state index is 0.114. The van der Waals surface area contributed by atoms with Crippen LogP contribution in [-0.4, -0.2) is 18.4 Å². The fourth-order valence-corrected chi connectivity index (χ4v) is 0.932. The largest absolute Gasteiger partial charge is 0.466 e. The van der Waals surface area contributed by atoms with Crippen LogP contribution in [0.15, 0.2) is 0 Å². The van der Waals surface area contributed by atoms with E-state index >= 15 is 0 Å². The van der Waals surface area contributed by atoms with E-state index in [4.69, 9.17) is 4.74 Å². The zero-order valence-corrected chi connectivity index (χ0v) is 7.92. The monoisotopic (exact) mass is 172 g/mol. The smallest absolute Gasteiger partial charge is 0.306 e. The van der Waals surface area contributed by atoms with E-state index in [-0.39, 0.29) is 24.1 Å². The molecule has 0 aliphatic carbocycles. The highest BCUT2D eigenvalue weighted by Crippen LogP contribution is 2.06. The van der Waals surface area contributed by atoms with Crippen molar-refractivity contribution in [3.63, 3.8) is 0 Å². The van der Waals surface area contributed by atoms with Crippen LogP contribution in [0.1, 0.15) is 33.6 Å². The summed E-state index contributed by atoms with van der Waals surface area (Å²) in [4.78, 5) is 21.9. The third-order valence-electron chi connectivity index (χ3n) is 1.68. The zero-order valence-electron chi connectivity index (χ0n) is 7.92. The fraction of sp³-hybridized carbons (Fsp3) is 0.778. The molecular formula is C9H16O3. The topological polar surface area (TPSA) is 43.4 Å². The lowest BCUT2D eigenvalue weighted by Gasteiger charge is -2.07. The SMILES string of the molecule is CCOC(=O)C[C@H](C)C(=O)CC. The van der Waals surface area contributed by atoms with Crippen LogP contribution >= 0.6 is 0 Å². The molecule has 0 aromatic carbocycles. The average molecular weight is 172 g/mol. The van der Waals surface area contributed by atoms with Gasteiger partial charge in [0.2, 0.25) is 0 Å². The van der Waals surface area contributed by atoms with Crippen LogP contribution in [-0.2, 0) is 14.3 Å². The Morgan fingerprint density at radius 1 is 1.33 bits per heavy atom. The third-order valence-corrected chi connectivity index (χ3v) is 1.68. The van der Waals surface area contributed by atoms with E-state index in [2.05, 4.69) is 0 Å². The van der Waals surface area contributed by atoms with Crippen molar-refractivity contribution in [1.82, 2.24) is 0 Å². The van der Waals surface area contributed by atoms with E-state index in [0.717, 1.165) is 0 Å². The van der Waals surface area contributed by atoms with Gasteiger partial charge in [-0.15, -0.1) is 0 Å². The first-order chi connectivity index (χ1) is 5.61. The molecule has 0 fully saturated rings. The van der Waals surface area contributed by atoms with Crippen molar-refractivity contribution in [2.75, 3.05) is 6.61 Å². The summed E-state index contributed by atoms with van der Waals surface area (Å²) in [6.45, 7) is 5.68. The van der Waals surface area contributed by atoms with E-state index in [9.17, 15) is 9.59 Å². The summed E-state index contributed by atoms with van der Waals surface area (Å²) in [5.41, 5.74) is 0. The summed E-state index contributed by atoms with van der Waals surface area (Å²) in [6.07, 6.45) is 0.696. The number of rotatable bonds is 5. The molecule has 0 radical (unpaired) electrons. The maximum absolute atomic E-state index is 11.0. The highest BCUT2D eigenvalue weighted by atomic mass is 16.5. The molecule has 0 heterocycles. The Morgan fingerprint density at radius 2 is 1.92 bits per heavy atom. The number of carbonyl (C=O) groups is 2. The highest BCUT2D eigenvalue weighted by Gasteiger charge is 2.15. The van der Waals surface area contributed by atoms with E-state index in [1.807, 2.05) is 0 Å². The van der Waals surface area contributed by atoms with Crippen LogP contribution in [0.3, 0.4) is 0 Å². The Labute approximate surface area is 73.1 Å². The van der Waals surface area contributed by atoms with Crippen molar-refractivity contribution in [2.24, 2.45) is 5.92 Å². The Bertz CT molecular complexity index is 163. The van der Waals surface area contributed by atoms with E-state index in [1.165, 1.54) is 0 Å². The zero-order chi connectivity index (χ0) is 9.56. The first kappa shape index (κ1) is 11.1. The van der Waals surface area contributed by atoms with Gasteiger partial charge in [0, 0.05) is 12.3 Å². The Hall–Kier alpha value is -0.860. The molecule has 0 aliphatic rings. The lowest BCUT2D eigenvalue weighted by atomic mass is 10.0. The highest BCUT2D eigenvalue weighted by molar-refractivity contribution is 5.84. The molecule has 0 amide bonds. The van der Waals surface area contributed by atoms with Gasteiger partial charge in [0.15, 0.2) is 0 Å². The molecule has 0 saturated heterocycles. The molecule has 0 bridgehead atoms. The molecule has 0 spiro atoms. The van der Waals surface area contributed by atoms with Gasteiger partial charge >= 0.3 is 5.97 Å². The second kappa shape index (κ2) is 5.75. The molecule has 0 unspecified atom stereocenters. The maximum Gasteiger partial charge on any atom is 0.306 e. The number of ether oxygens (including phenoxy) is 1. The van der Waals surface area contributed by atoms with Gasteiger partial charge < -0.3 is 4.74 Å². The van der Waals surface area contributed by atoms with Gasteiger partial charge in [0.05, 0.1) is 13.0 Å².